The zero-order valence-electron chi connectivity index (χ0n) is 62.1. The Bertz CT molecular complexity index is 3080. The lowest BCUT2D eigenvalue weighted by Gasteiger charge is -2.53. The third kappa shape index (κ3) is 21.9. The van der Waals surface area contributed by atoms with Crippen molar-refractivity contribution in [3.8, 4) is 0 Å². The highest BCUT2D eigenvalue weighted by molar-refractivity contribution is 5.82. The Morgan fingerprint density at radius 2 is 0.726 bits per heavy atom. The van der Waals surface area contributed by atoms with E-state index in [0.29, 0.717) is 19.3 Å². The molecule has 40 nitrogen and oxygen atoms in total. The van der Waals surface area contributed by atoms with E-state index in [0.717, 1.165) is 18.2 Å². The lowest BCUT2D eigenvalue weighted by molar-refractivity contribution is -0.380. The average molecular weight is 1630 g/mol. The summed E-state index contributed by atoms with van der Waals surface area (Å²) in [6, 6.07) is 0. The average Bonchev–Trinajstić information content (AvgIpc) is 0.715. The number of allylic oxidation sites excluding steroid dienone is 3. The molecule has 646 valence electrons. The van der Waals surface area contributed by atoms with E-state index in [1.807, 2.05) is 0 Å². The number of esters is 3. The second-order valence-corrected chi connectivity index (χ2v) is 31.8. The maximum Gasteiger partial charge on any atom is 0.330 e. The van der Waals surface area contributed by atoms with Crippen LogP contribution in [0.2, 0.25) is 0 Å². The van der Waals surface area contributed by atoms with E-state index >= 15 is 0 Å². The van der Waals surface area contributed by atoms with Crippen molar-refractivity contribution in [2.75, 3.05) is 40.1 Å². The standard InChI is InChI=1S/C73H114O40/c1-99-42-19-31(8-11-35(42)78)67-44(22-33-40(103-67)20-32(76)21-41(33)105-70-63(95)58(90)53(85)45(23-74)108-70)107-73-68(113-72-66(98)61(93)56(88)48(111-72)26-101-50(82)13-5-28-2-9-34(77)37(80)16-28)62(94)57(89)49(112-73)27-102-51(83)14-6-29-4-12-39(38(81)17-29)104-69-65(97)60(92)55(87)47(110-69)25-100-52(84)15-7-30-3-10-36(79)43(18-30)106-71-64(96)59(91)54(86)46(24-75)109-71/h5-7,13-15,28-49,53-81,85-98H,2-4,8-12,16-27H2,1H3. The van der Waals surface area contributed by atoms with Gasteiger partial charge in [-0.15, -0.1) is 0 Å². The minimum Gasteiger partial charge on any atom is -0.460 e. The topological polar surface area (TPSA) is 635 Å². The molecule has 0 aromatic heterocycles. The number of hydrogen-bond donors (Lipinski definition) is 22. The number of carbonyl (C=O) groups is 3. The highest BCUT2D eigenvalue weighted by atomic mass is 16.8. The molecule has 113 heavy (non-hydrogen) atoms. The summed E-state index contributed by atoms with van der Waals surface area (Å²) in [5.41, 5.74) is 0. The van der Waals surface area contributed by atoms with Gasteiger partial charge >= 0.3 is 17.9 Å². The Hall–Kier alpha value is -3.73. The summed E-state index contributed by atoms with van der Waals surface area (Å²) in [7, 11) is 1.42. The lowest BCUT2D eigenvalue weighted by Crippen LogP contribution is -2.66. The first-order valence-corrected chi connectivity index (χ1v) is 38.9. The third-order valence-corrected chi connectivity index (χ3v) is 24.0. The molecule has 22 N–H and O–H groups in total. The van der Waals surface area contributed by atoms with Crippen LogP contribution in [-0.2, 0) is 85.4 Å². The van der Waals surface area contributed by atoms with Crippen LogP contribution >= 0.6 is 0 Å². The van der Waals surface area contributed by atoms with E-state index in [9.17, 15) is 127 Å². The van der Waals surface area contributed by atoms with Gasteiger partial charge < -0.3 is 183 Å². The molecule has 6 saturated heterocycles. The summed E-state index contributed by atoms with van der Waals surface area (Å²) < 4.78 is 89.3. The van der Waals surface area contributed by atoms with Crippen LogP contribution in [-0.4, -0.2) is 403 Å². The van der Waals surface area contributed by atoms with Crippen molar-refractivity contribution in [3.63, 3.8) is 0 Å². The normalized spacial score (nSPS) is 48.9. The number of fused-ring (bicyclic) bond motifs is 1. The summed E-state index contributed by atoms with van der Waals surface area (Å²) in [4.78, 5) is 39.6. The lowest BCUT2D eigenvalue weighted by atomic mass is 9.72. The van der Waals surface area contributed by atoms with Gasteiger partial charge in [0.05, 0.1) is 92.6 Å². The fourth-order valence-corrected chi connectivity index (χ4v) is 17.2. The molecular weight excluding hydrogens is 1520 g/mol. The van der Waals surface area contributed by atoms with E-state index in [4.69, 9.17) is 71.1 Å². The van der Waals surface area contributed by atoms with Crippen LogP contribution in [0.25, 0.3) is 0 Å². The molecule has 6 aliphatic heterocycles. The molecule has 40 heteroatoms. The molecule has 0 amide bonds. The molecular formula is C73H114O40. The van der Waals surface area contributed by atoms with Gasteiger partial charge in [0.2, 0.25) is 0 Å². The van der Waals surface area contributed by atoms with Crippen molar-refractivity contribution in [3.05, 3.63) is 36.5 Å². The molecule has 11 fully saturated rings. The number of carbonyl (C=O) groups excluding carboxylic acids is 3. The van der Waals surface area contributed by atoms with E-state index in [1.54, 1.807) is 0 Å². The minimum absolute atomic E-state index is 0.0417. The monoisotopic (exact) mass is 1630 g/mol. The number of aliphatic hydroxyl groups excluding tert-OH is 22. The third-order valence-electron chi connectivity index (χ3n) is 24.0. The summed E-state index contributed by atoms with van der Waals surface area (Å²) in [5, 5.41) is 238. The van der Waals surface area contributed by atoms with Crippen LogP contribution in [0, 0.1) is 29.6 Å². The summed E-state index contributed by atoms with van der Waals surface area (Å²) >= 11 is 0. The zero-order chi connectivity index (χ0) is 81.5. The molecule has 0 radical (unpaired) electrons. The van der Waals surface area contributed by atoms with Gasteiger partial charge in [0.1, 0.15) is 142 Å². The van der Waals surface area contributed by atoms with Gasteiger partial charge in [-0.3, -0.25) is 0 Å². The van der Waals surface area contributed by atoms with E-state index in [2.05, 4.69) is 0 Å². The molecule has 11 rings (SSSR count). The van der Waals surface area contributed by atoms with Crippen molar-refractivity contribution < 1.29 is 198 Å². The first kappa shape index (κ1) is 90.0. The SMILES string of the molecule is COC1CC(C2OC3CC(O)CC(OC4OC(CO)C(O)C(O)C4O)C3CC2OC2OC(COC(=O)C=CC3CCC(OC4OC(COC(=O)C=CC5CCC(O)C(OC6OC(CO)C(O)C(O)C6O)C5)C(O)C(O)C4O)C(O)C3)C(O)C(O)C2OC2OC(COC(=O)C=CC3CCC(O)C(O)C3)C(O)C(O)C2O)CCC1O. The van der Waals surface area contributed by atoms with Gasteiger partial charge in [-0.05, 0) is 114 Å². The molecule has 0 aromatic rings. The highest BCUT2D eigenvalue weighted by Crippen LogP contribution is 2.47. The van der Waals surface area contributed by atoms with Gasteiger partial charge in [-0.2, -0.15) is 0 Å². The molecule has 0 spiro atoms. The van der Waals surface area contributed by atoms with Crippen molar-refractivity contribution in [1.82, 2.24) is 0 Å². The summed E-state index contributed by atoms with van der Waals surface area (Å²) in [6.07, 6.45) is -47.5. The van der Waals surface area contributed by atoms with Crippen molar-refractivity contribution in [2.45, 2.75) is 329 Å². The summed E-state index contributed by atoms with van der Waals surface area (Å²) in [5.74, 6) is -5.34. The van der Waals surface area contributed by atoms with E-state index < -0.39 is 302 Å². The van der Waals surface area contributed by atoms with Crippen LogP contribution in [0.1, 0.15) is 96.3 Å². The smallest absolute Gasteiger partial charge is 0.330 e. The number of ether oxygens (including phenoxy) is 15. The first-order chi connectivity index (χ1) is 53.8. The number of aliphatic hydroxyl groups is 22. The second-order valence-electron chi connectivity index (χ2n) is 31.8. The fraction of sp³-hybridized carbons (Fsp3) is 0.877. The van der Waals surface area contributed by atoms with Crippen LogP contribution in [0.5, 0.6) is 0 Å². The van der Waals surface area contributed by atoms with Gasteiger partial charge in [-0.25, -0.2) is 14.4 Å². The van der Waals surface area contributed by atoms with E-state index in [1.165, 1.54) is 25.3 Å². The Kier molecular flexibility index (Phi) is 32.3. The maximum absolute atomic E-state index is 13.7. The van der Waals surface area contributed by atoms with Gasteiger partial charge in [-0.1, -0.05) is 18.2 Å². The Morgan fingerprint density at radius 3 is 1.21 bits per heavy atom. The van der Waals surface area contributed by atoms with Gasteiger partial charge in [0.25, 0.3) is 0 Å². The van der Waals surface area contributed by atoms with Crippen molar-refractivity contribution >= 4 is 17.9 Å². The minimum atomic E-state index is -2.13. The summed E-state index contributed by atoms with van der Waals surface area (Å²) in [6.45, 7) is -3.69. The Morgan fingerprint density at radius 1 is 0.327 bits per heavy atom. The second kappa shape index (κ2) is 40.6. The van der Waals surface area contributed by atoms with Gasteiger partial charge in [0, 0.05) is 37.7 Å². The molecule has 5 saturated carbocycles. The Labute approximate surface area is 649 Å². The maximum atomic E-state index is 13.7. The molecule has 6 heterocycles. The van der Waals surface area contributed by atoms with Crippen molar-refractivity contribution in [1.29, 1.82) is 0 Å². The van der Waals surface area contributed by atoms with Crippen LogP contribution in [0.4, 0.5) is 0 Å². The molecule has 11 aliphatic rings. The highest BCUT2D eigenvalue weighted by Gasteiger charge is 2.58. The Balaban J connectivity index is 0.735. The predicted octanol–water partition coefficient (Wildman–Crippen LogP) is -9.18. The quantitative estimate of drug-likeness (QED) is 0.0217. The molecule has 0 bridgehead atoms. The van der Waals surface area contributed by atoms with E-state index in [-0.39, 0.29) is 88.9 Å². The fourth-order valence-electron chi connectivity index (χ4n) is 17.2. The molecule has 5 aliphatic carbocycles. The molecule has 0 aromatic carbocycles. The van der Waals surface area contributed by atoms with Gasteiger partial charge in [0.15, 0.2) is 31.5 Å². The first-order valence-electron chi connectivity index (χ1n) is 38.9. The number of hydrogen-bond acceptors (Lipinski definition) is 40. The number of methoxy groups -OCH3 is 1. The van der Waals surface area contributed by atoms with Crippen LogP contribution in [0.3, 0.4) is 0 Å². The molecule has 43 atom stereocenters. The molecule has 43 unspecified atom stereocenters. The number of rotatable bonds is 26. The zero-order valence-corrected chi connectivity index (χ0v) is 62.1. The van der Waals surface area contributed by atoms with Crippen LogP contribution in [0.15, 0.2) is 36.5 Å². The predicted molar refractivity (Wildman–Crippen MR) is 368 cm³/mol. The van der Waals surface area contributed by atoms with Crippen LogP contribution < -0.4 is 0 Å². The van der Waals surface area contributed by atoms with Crippen molar-refractivity contribution in [2.24, 2.45) is 29.6 Å². The largest absolute Gasteiger partial charge is 0.460 e.